The molecule has 0 fully saturated rings. The third kappa shape index (κ3) is 5.58. The topological polar surface area (TPSA) is 92.7 Å². The van der Waals surface area contributed by atoms with E-state index in [1.807, 2.05) is 6.92 Å². The van der Waals surface area contributed by atoms with Crippen LogP contribution in [0.3, 0.4) is 0 Å². The number of benzene rings is 1. The molecule has 112 valence electrons. The number of aliphatic carboxylic acids is 1. The maximum Gasteiger partial charge on any atom is 0.304 e. The third-order valence-corrected chi connectivity index (χ3v) is 4.09. The van der Waals surface area contributed by atoms with Crippen LogP contribution in [0.4, 0.5) is 0 Å². The van der Waals surface area contributed by atoms with Crippen molar-refractivity contribution in [1.29, 1.82) is 0 Å². The summed E-state index contributed by atoms with van der Waals surface area (Å²) in [6.45, 7) is 4.15. The number of ether oxygens (including phenoxy) is 1. The summed E-state index contributed by atoms with van der Waals surface area (Å²) in [5.41, 5.74) is 0.785. The first-order valence-electron chi connectivity index (χ1n) is 6.28. The van der Waals surface area contributed by atoms with Crippen molar-refractivity contribution in [3.63, 3.8) is 0 Å². The minimum Gasteiger partial charge on any atom is -0.494 e. The van der Waals surface area contributed by atoms with Crippen molar-refractivity contribution in [3.05, 3.63) is 29.8 Å². The minimum absolute atomic E-state index is 0.411. The molecule has 20 heavy (non-hydrogen) atoms. The largest absolute Gasteiger partial charge is 0.494 e. The Bertz CT molecular complexity index is 538. The molecule has 0 bridgehead atoms. The van der Waals surface area contributed by atoms with E-state index in [2.05, 4.69) is 4.72 Å². The molecular weight excluding hydrogens is 282 g/mol. The molecule has 0 heterocycles. The second-order valence-electron chi connectivity index (χ2n) is 4.30. The van der Waals surface area contributed by atoms with Gasteiger partial charge in [-0.2, -0.15) is 0 Å². The molecule has 0 aromatic heterocycles. The highest BCUT2D eigenvalue weighted by Crippen LogP contribution is 2.18. The van der Waals surface area contributed by atoms with Gasteiger partial charge in [-0.05, 0) is 31.5 Å². The van der Waals surface area contributed by atoms with Crippen molar-refractivity contribution in [3.8, 4) is 5.75 Å². The van der Waals surface area contributed by atoms with E-state index in [9.17, 15) is 13.2 Å². The van der Waals surface area contributed by atoms with Gasteiger partial charge in [-0.1, -0.05) is 12.1 Å². The molecule has 1 aromatic carbocycles. The summed E-state index contributed by atoms with van der Waals surface area (Å²) in [7, 11) is -3.61. The SMILES string of the molecule is CCOc1ccc(C(C)NS(=O)(=O)CCC(=O)O)cc1. The molecule has 2 N–H and O–H groups in total. The van der Waals surface area contributed by atoms with Gasteiger partial charge in [-0.15, -0.1) is 0 Å². The minimum atomic E-state index is -3.61. The van der Waals surface area contributed by atoms with Crippen LogP contribution < -0.4 is 9.46 Å². The van der Waals surface area contributed by atoms with E-state index in [1.165, 1.54) is 0 Å². The summed E-state index contributed by atoms with van der Waals surface area (Å²) in [6.07, 6.45) is -0.411. The summed E-state index contributed by atoms with van der Waals surface area (Å²) in [5, 5.41) is 8.50. The predicted molar refractivity (Wildman–Crippen MR) is 75.2 cm³/mol. The summed E-state index contributed by atoms with van der Waals surface area (Å²) in [4.78, 5) is 10.4. The first-order valence-corrected chi connectivity index (χ1v) is 7.94. The van der Waals surface area contributed by atoms with Crippen molar-refractivity contribution in [2.75, 3.05) is 12.4 Å². The third-order valence-electron chi connectivity index (χ3n) is 2.63. The lowest BCUT2D eigenvalue weighted by Gasteiger charge is -2.14. The second kappa shape index (κ2) is 7.25. The lowest BCUT2D eigenvalue weighted by molar-refractivity contribution is -0.136. The van der Waals surface area contributed by atoms with Gasteiger partial charge in [0.15, 0.2) is 0 Å². The van der Waals surface area contributed by atoms with E-state index >= 15 is 0 Å². The number of nitrogens with one attached hydrogen (secondary N) is 1. The highest BCUT2D eigenvalue weighted by Gasteiger charge is 2.17. The van der Waals surface area contributed by atoms with Crippen LogP contribution in [0.2, 0.25) is 0 Å². The predicted octanol–water partition coefficient (Wildman–Crippen LogP) is 1.54. The second-order valence-corrected chi connectivity index (χ2v) is 6.18. The van der Waals surface area contributed by atoms with Crippen molar-refractivity contribution in [2.45, 2.75) is 26.3 Å². The molecular formula is C13H19NO5S. The molecule has 0 spiro atoms. The first-order chi connectivity index (χ1) is 9.34. The zero-order valence-electron chi connectivity index (χ0n) is 11.5. The van der Waals surface area contributed by atoms with Crippen LogP contribution >= 0.6 is 0 Å². The van der Waals surface area contributed by atoms with Crippen LogP contribution in [-0.4, -0.2) is 31.9 Å². The van der Waals surface area contributed by atoms with Crippen LogP contribution in [0.25, 0.3) is 0 Å². The van der Waals surface area contributed by atoms with E-state index in [4.69, 9.17) is 9.84 Å². The molecule has 0 radical (unpaired) electrons. The summed E-state index contributed by atoms with van der Waals surface area (Å²) in [5.74, 6) is -0.842. The van der Waals surface area contributed by atoms with Gasteiger partial charge in [-0.3, -0.25) is 4.79 Å². The van der Waals surface area contributed by atoms with Crippen molar-refractivity contribution < 1.29 is 23.1 Å². The Morgan fingerprint density at radius 3 is 2.45 bits per heavy atom. The average molecular weight is 301 g/mol. The van der Waals surface area contributed by atoms with E-state index < -0.39 is 34.2 Å². The van der Waals surface area contributed by atoms with Gasteiger partial charge < -0.3 is 9.84 Å². The van der Waals surface area contributed by atoms with Gasteiger partial charge in [0.2, 0.25) is 10.0 Å². The average Bonchev–Trinajstić information content (AvgIpc) is 2.37. The Morgan fingerprint density at radius 1 is 1.35 bits per heavy atom. The lowest BCUT2D eigenvalue weighted by Crippen LogP contribution is -2.30. The standard InChI is InChI=1S/C13H19NO5S/c1-3-19-12-6-4-11(5-7-12)10(2)14-20(17,18)9-8-13(15)16/h4-7,10,14H,3,8-9H2,1-2H3,(H,15,16). The quantitative estimate of drug-likeness (QED) is 0.760. The number of carboxylic acid groups (broad SMARTS) is 1. The summed E-state index contributed by atoms with van der Waals surface area (Å²) >= 11 is 0. The van der Waals surface area contributed by atoms with Gasteiger partial charge in [0, 0.05) is 6.04 Å². The smallest absolute Gasteiger partial charge is 0.304 e. The Labute approximate surface area is 118 Å². The van der Waals surface area contributed by atoms with Gasteiger partial charge in [-0.25, -0.2) is 13.1 Å². The Hall–Kier alpha value is -1.60. The van der Waals surface area contributed by atoms with Crippen LogP contribution in [0, 0.1) is 0 Å². The number of carbonyl (C=O) groups is 1. The van der Waals surface area contributed by atoms with Crippen molar-refractivity contribution >= 4 is 16.0 Å². The normalized spacial score (nSPS) is 12.9. The first kappa shape index (κ1) is 16.5. The molecule has 6 nitrogen and oxygen atoms in total. The van der Waals surface area contributed by atoms with E-state index in [1.54, 1.807) is 31.2 Å². The fraction of sp³-hybridized carbons (Fsp3) is 0.462. The van der Waals surface area contributed by atoms with E-state index in [0.717, 1.165) is 11.3 Å². The molecule has 0 aliphatic rings. The molecule has 0 saturated heterocycles. The van der Waals surface area contributed by atoms with Crippen LogP contribution in [0.1, 0.15) is 31.9 Å². The summed E-state index contributed by atoms with van der Waals surface area (Å²) < 4.78 is 31.1. The molecule has 0 aliphatic carbocycles. The number of hydrogen-bond donors (Lipinski definition) is 2. The maximum absolute atomic E-state index is 11.7. The molecule has 1 atom stereocenters. The Kier molecular flexibility index (Phi) is 5.97. The number of rotatable bonds is 8. The van der Waals surface area contributed by atoms with Gasteiger partial charge in [0.25, 0.3) is 0 Å². The molecule has 1 aromatic rings. The highest BCUT2D eigenvalue weighted by molar-refractivity contribution is 7.89. The lowest BCUT2D eigenvalue weighted by atomic mass is 10.1. The van der Waals surface area contributed by atoms with Gasteiger partial charge >= 0.3 is 5.97 Å². The number of sulfonamides is 1. The van der Waals surface area contributed by atoms with Crippen molar-refractivity contribution in [2.24, 2.45) is 0 Å². The summed E-state index contributed by atoms with van der Waals surface area (Å²) in [6, 6.07) is 6.65. The van der Waals surface area contributed by atoms with Gasteiger partial charge in [0.05, 0.1) is 18.8 Å². The number of carboxylic acids is 1. The fourth-order valence-corrected chi connectivity index (χ4v) is 2.87. The molecule has 0 saturated carbocycles. The maximum atomic E-state index is 11.7. The van der Waals surface area contributed by atoms with E-state index in [0.29, 0.717) is 6.61 Å². The molecule has 1 unspecified atom stereocenters. The molecule has 0 aliphatic heterocycles. The Morgan fingerprint density at radius 2 is 1.95 bits per heavy atom. The highest BCUT2D eigenvalue weighted by atomic mass is 32.2. The van der Waals surface area contributed by atoms with Crippen LogP contribution in [0.15, 0.2) is 24.3 Å². The molecule has 7 heteroatoms. The molecule has 0 amide bonds. The van der Waals surface area contributed by atoms with Gasteiger partial charge in [0.1, 0.15) is 5.75 Å². The Balaban J connectivity index is 2.65. The number of hydrogen-bond acceptors (Lipinski definition) is 4. The fourth-order valence-electron chi connectivity index (χ4n) is 1.64. The monoisotopic (exact) mass is 301 g/mol. The zero-order valence-corrected chi connectivity index (χ0v) is 12.3. The van der Waals surface area contributed by atoms with Crippen LogP contribution in [0.5, 0.6) is 5.75 Å². The van der Waals surface area contributed by atoms with Crippen molar-refractivity contribution in [1.82, 2.24) is 4.72 Å². The van der Waals surface area contributed by atoms with Crippen LogP contribution in [-0.2, 0) is 14.8 Å². The zero-order chi connectivity index (χ0) is 15.2. The van der Waals surface area contributed by atoms with E-state index in [-0.39, 0.29) is 0 Å². The molecule has 1 rings (SSSR count).